The molecule has 0 aromatic carbocycles. The molecule has 2 atom stereocenters. The zero-order valence-corrected chi connectivity index (χ0v) is 19.1. The van der Waals surface area contributed by atoms with Gasteiger partial charge in [0.2, 0.25) is 15.9 Å². The first-order valence-corrected chi connectivity index (χ1v) is 13.5. The van der Waals surface area contributed by atoms with Gasteiger partial charge < -0.3 is 4.90 Å². The van der Waals surface area contributed by atoms with E-state index in [2.05, 4.69) is 20.7 Å². The van der Waals surface area contributed by atoms with Crippen LogP contribution in [0.2, 0.25) is 0 Å². The predicted molar refractivity (Wildman–Crippen MR) is 113 cm³/mol. The number of amides is 1. The Bertz CT molecular complexity index is 848. The summed E-state index contributed by atoms with van der Waals surface area (Å²) < 4.78 is 28.3. The summed E-state index contributed by atoms with van der Waals surface area (Å²) in [6.07, 6.45) is 8.24. The predicted octanol–water partition coefficient (Wildman–Crippen LogP) is 3.75. The Morgan fingerprint density at radius 1 is 1.18 bits per heavy atom. The molecule has 1 amide bonds. The molecule has 5 aliphatic rings. The molecular weight excluding hydrogens is 460 g/mol. The molecule has 5 fully saturated rings. The Labute approximate surface area is 179 Å². The normalized spacial score (nSPS) is 38.1. The van der Waals surface area contributed by atoms with Gasteiger partial charge in [0, 0.05) is 23.5 Å². The van der Waals surface area contributed by atoms with E-state index >= 15 is 0 Å². The van der Waals surface area contributed by atoms with Gasteiger partial charge in [0.15, 0.2) is 0 Å². The first-order chi connectivity index (χ1) is 13.3. The van der Waals surface area contributed by atoms with Crippen LogP contribution in [-0.2, 0) is 14.8 Å². The van der Waals surface area contributed by atoms with Gasteiger partial charge in [-0.3, -0.25) is 4.79 Å². The Balaban J connectivity index is 1.23. The minimum absolute atomic E-state index is 0.0879. The van der Waals surface area contributed by atoms with Crippen molar-refractivity contribution in [2.75, 3.05) is 13.1 Å². The number of rotatable bonds is 4. The highest BCUT2D eigenvalue weighted by Gasteiger charge is 2.60. The number of hydrogen-bond acceptors (Lipinski definition) is 4. The van der Waals surface area contributed by atoms with Crippen LogP contribution in [0.3, 0.4) is 0 Å². The van der Waals surface area contributed by atoms with E-state index in [1.54, 1.807) is 17.5 Å². The van der Waals surface area contributed by atoms with Gasteiger partial charge in [-0.1, -0.05) is 22.0 Å². The molecule has 4 bridgehead atoms. The van der Waals surface area contributed by atoms with Crippen LogP contribution in [0.4, 0.5) is 0 Å². The summed E-state index contributed by atoms with van der Waals surface area (Å²) in [6.45, 7) is 1.31. The van der Waals surface area contributed by atoms with Crippen molar-refractivity contribution in [3.63, 3.8) is 0 Å². The molecule has 2 unspecified atom stereocenters. The monoisotopic (exact) mass is 486 g/mol. The lowest BCUT2D eigenvalue weighted by Gasteiger charge is -2.60. The van der Waals surface area contributed by atoms with Crippen LogP contribution in [0.15, 0.2) is 21.7 Å². The summed E-state index contributed by atoms with van der Waals surface area (Å²) in [4.78, 5) is 15.6. The molecule has 1 saturated heterocycles. The smallest absolute Gasteiger partial charge is 0.250 e. The summed E-state index contributed by atoms with van der Waals surface area (Å²) in [5.74, 6) is 1.73. The number of thiophene rings is 1. The molecule has 1 aliphatic heterocycles. The fraction of sp³-hybridized carbons (Fsp3) is 0.750. The molecule has 8 heteroatoms. The van der Waals surface area contributed by atoms with Crippen molar-refractivity contribution in [3.05, 3.63) is 17.5 Å². The number of halogens is 1. The van der Waals surface area contributed by atoms with Gasteiger partial charge in [-0.2, -0.15) is 0 Å². The van der Waals surface area contributed by atoms with Gasteiger partial charge in [0.1, 0.15) is 4.21 Å². The van der Waals surface area contributed by atoms with E-state index in [1.807, 2.05) is 4.90 Å². The molecule has 154 valence electrons. The number of sulfonamides is 1. The van der Waals surface area contributed by atoms with Gasteiger partial charge >= 0.3 is 0 Å². The molecule has 28 heavy (non-hydrogen) atoms. The molecule has 2 heterocycles. The number of nitrogens with zero attached hydrogens (tertiary/aromatic N) is 1. The minimum Gasteiger partial charge on any atom is -0.342 e. The average molecular weight is 487 g/mol. The van der Waals surface area contributed by atoms with E-state index in [4.69, 9.17) is 0 Å². The van der Waals surface area contributed by atoms with Gasteiger partial charge in [-0.25, -0.2) is 13.1 Å². The van der Waals surface area contributed by atoms with E-state index in [9.17, 15) is 13.2 Å². The Kier molecular flexibility index (Phi) is 4.73. The number of likely N-dealkylation sites (tertiary alicyclic amines) is 1. The van der Waals surface area contributed by atoms with Crippen LogP contribution in [-0.4, -0.2) is 42.7 Å². The lowest BCUT2D eigenvalue weighted by Crippen LogP contribution is -2.60. The van der Waals surface area contributed by atoms with Crippen LogP contribution >= 0.6 is 27.3 Å². The first-order valence-electron chi connectivity index (χ1n) is 10.3. The number of hydrogen-bond donors (Lipinski definition) is 1. The van der Waals surface area contributed by atoms with Crippen LogP contribution in [0.25, 0.3) is 0 Å². The number of alkyl halides is 1. The standard InChI is InChI=1S/C20H27BrN2O3S2/c21-20-11-14-8-15(12-20)10-19(9-14,13-20)18(24)23-5-3-16(4-6-23)22-28(25,26)17-2-1-7-27-17/h1-2,7,14-16,22H,3-6,8-13H2. The Morgan fingerprint density at radius 2 is 1.86 bits per heavy atom. The van der Waals surface area contributed by atoms with E-state index in [-0.39, 0.29) is 15.8 Å². The van der Waals surface area contributed by atoms with Crippen molar-refractivity contribution in [1.29, 1.82) is 0 Å². The summed E-state index contributed by atoms with van der Waals surface area (Å²) in [5.41, 5.74) is -0.170. The molecule has 0 spiro atoms. The molecular formula is C20H27BrN2O3S2. The van der Waals surface area contributed by atoms with Crippen molar-refractivity contribution in [3.8, 4) is 0 Å². The second-order valence-corrected chi connectivity index (χ2v) is 14.1. The maximum absolute atomic E-state index is 13.5. The van der Waals surface area contributed by atoms with E-state index in [0.717, 1.165) is 19.3 Å². The summed E-state index contributed by atoms with van der Waals surface area (Å²) in [5, 5.41) is 1.78. The lowest BCUT2D eigenvalue weighted by molar-refractivity contribution is -0.156. The van der Waals surface area contributed by atoms with E-state index < -0.39 is 10.0 Å². The third kappa shape index (κ3) is 3.38. The number of nitrogens with one attached hydrogen (secondary N) is 1. The highest BCUT2D eigenvalue weighted by molar-refractivity contribution is 9.10. The average Bonchev–Trinajstić information content (AvgIpc) is 3.15. The first kappa shape index (κ1) is 19.5. The molecule has 5 nitrogen and oxygen atoms in total. The molecule has 1 aromatic heterocycles. The number of carbonyl (C=O) groups excluding carboxylic acids is 1. The zero-order chi connectivity index (χ0) is 19.6. The lowest BCUT2D eigenvalue weighted by atomic mass is 9.49. The maximum Gasteiger partial charge on any atom is 0.250 e. The maximum atomic E-state index is 13.5. The summed E-state index contributed by atoms with van der Waals surface area (Å²) in [6, 6.07) is 3.30. The highest BCUT2D eigenvalue weighted by Crippen LogP contribution is 2.64. The Hall–Kier alpha value is -0.440. The van der Waals surface area contributed by atoms with Crippen molar-refractivity contribution in [2.24, 2.45) is 17.3 Å². The van der Waals surface area contributed by atoms with Crippen molar-refractivity contribution in [1.82, 2.24) is 9.62 Å². The summed E-state index contributed by atoms with van der Waals surface area (Å²) >= 11 is 5.24. The molecule has 6 rings (SSSR count). The fourth-order valence-electron chi connectivity index (χ4n) is 6.63. The SMILES string of the molecule is O=C(N1CCC(NS(=O)(=O)c2cccs2)CC1)C12CC3CC(CC(Br)(C3)C1)C2. The van der Waals surface area contributed by atoms with Gasteiger partial charge in [0.25, 0.3) is 0 Å². The molecule has 4 aliphatic carbocycles. The Morgan fingerprint density at radius 3 is 2.43 bits per heavy atom. The fourth-order valence-corrected chi connectivity index (χ4v) is 10.4. The molecule has 0 radical (unpaired) electrons. The third-order valence-corrected chi connectivity index (χ3v) is 11.2. The van der Waals surface area contributed by atoms with E-state index in [1.165, 1.54) is 30.6 Å². The third-order valence-electron chi connectivity index (χ3n) is 7.31. The molecule has 4 saturated carbocycles. The number of carbonyl (C=O) groups is 1. The number of piperidine rings is 1. The van der Waals surface area contributed by atoms with Crippen LogP contribution < -0.4 is 4.72 Å². The van der Waals surface area contributed by atoms with Gasteiger partial charge in [-0.15, -0.1) is 11.3 Å². The second-order valence-electron chi connectivity index (χ2n) is 9.51. The second kappa shape index (κ2) is 6.79. The van der Waals surface area contributed by atoms with Crippen molar-refractivity contribution >= 4 is 43.2 Å². The van der Waals surface area contributed by atoms with Gasteiger partial charge in [-0.05, 0) is 74.6 Å². The quantitative estimate of drug-likeness (QED) is 0.658. The topological polar surface area (TPSA) is 66.5 Å². The van der Waals surface area contributed by atoms with E-state index in [0.29, 0.717) is 47.9 Å². The van der Waals surface area contributed by atoms with Gasteiger partial charge in [0.05, 0.1) is 5.41 Å². The zero-order valence-electron chi connectivity index (χ0n) is 15.9. The molecule has 1 aromatic rings. The van der Waals surface area contributed by atoms with Crippen LogP contribution in [0.5, 0.6) is 0 Å². The van der Waals surface area contributed by atoms with Crippen molar-refractivity contribution < 1.29 is 13.2 Å². The summed E-state index contributed by atoms with van der Waals surface area (Å²) in [7, 11) is -3.44. The largest absolute Gasteiger partial charge is 0.342 e. The minimum atomic E-state index is -3.44. The highest BCUT2D eigenvalue weighted by atomic mass is 79.9. The molecule has 1 N–H and O–H groups in total. The van der Waals surface area contributed by atoms with Crippen LogP contribution in [0, 0.1) is 17.3 Å². The van der Waals surface area contributed by atoms with Crippen molar-refractivity contribution in [2.45, 2.75) is 65.9 Å². The van der Waals surface area contributed by atoms with Crippen LogP contribution in [0.1, 0.15) is 51.4 Å².